The number of halogens is 2. The summed E-state index contributed by atoms with van der Waals surface area (Å²) in [4.78, 5) is 2.14. The highest BCUT2D eigenvalue weighted by Crippen LogP contribution is 2.40. The molecular formula is C29H43I2N3. The van der Waals surface area contributed by atoms with Gasteiger partial charge in [0.1, 0.15) is 0 Å². The van der Waals surface area contributed by atoms with E-state index in [9.17, 15) is 0 Å². The molecule has 0 aromatic heterocycles. The highest BCUT2D eigenvalue weighted by Gasteiger charge is 2.44. The van der Waals surface area contributed by atoms with Crippen LogP contribution in [0.25, 0.3) is 6.08 Å². The molecule has 0 saturated carbocycles. The summed E-state index contributed by atoms with van der Waals surface area (Å²) in [6.07, 6.45) is 5.83. The molecule has 34 heavy (non-hydrogen) atoms. The van der Waals surface area contributed by atoms with Gasteiger partial charge in [0.05, 0.1) is 38.0 Å². The van der Waals surface area contributed by atoms with Crippen LogP contribution in [0.5, 0.6) is 0 Å². The third kappa shape index (κ3) is 6.64. The van der Waals surface area contributed by atoms with Crippen LogP contribution in [0.4, 0.5) is 11.4 Å². The number of allylic oxidation sites excluding steroid dienone is 1. The largest absolute Gasteiger partial charge is 1.00 e. The second kappa shape index (κ2) is 13.4. The molecule has 1 aliphatic rings. The average molecular weight is 687 g/mol. The van der Waals surface area contributed by atoms with E-state index in [1.165, 1.54) is 65.3 Å². The first-order valence-electron chi connectivity index (χ1n) is 12.3. The summed E-state index contributed by atoms with van der Waals surface area (Å²) >= 11 is 0. The maximum absolute atomic E-state index is 2.58. The Kier molecular flexibility index (Phi) is 12.3. The zero-order valence-electron chi connectivity index (χ0n) is 22.1. The molecule has 5 heteroatoms. The molecule has 1 aliphatic heterocycles. The van der Waals surface area contributed by atoms with Crippen LogP contribution in [-0.2, 0) is 5.41 Å². The lowest BCUT2D eigenvalue weighted by atomic mass is 9.81. The maximum Gasteiger partial charge on any atom is 0.209 e. The molecular weight excluding hydrogens is 644 g/mol. The van der Waals surface area contributed by atoms with Gasteiger partial charge in [0, 0.05) is 37.5 Å². The van der Waals surface area contributed by atoms with Gasteiger partial charge in [-0.25, -0.2) is 0 Å². The molecule has 0 saturated heterocycles. The van der Waals surface area contributed by atoms with E-state index >= 15 is 0 Å². The summed E-state index contributed by atoms with van der Waals surface area (Å²) in [5, 5.41) is 0. The van der Waals surface area contributed by atoms with Gasteiger partial charge in [-0.1, -0.05) is 30.3 Å². The van der Waals surface area contributed by atoms with Gasteiger partial charge in [-0.05, 0) is 58.4 Å². The fourth-order valence-electron chi connectivity index (χ4n) is 5.15. The Morgan fingerprint density at radius 2 is 1.44 bits per heavy atom. The Labute approximate surface area is 242 Å². The summed E-state index contributed by atoms with van der Waals surface area (Å²) in [6, 6.07) is 17.8. The molecule has 2 aromatic rings. The van der Waals surface area contributed by atoms with E-state index in [0.717, 1.165) is 6.54 Å². The van der Waals surface area contributed by atoms with Crippen LogP contribution in [0.2, 0.25) is 0 Å². The fourth-order valence-corrected chi connectivity index (χ4v) is 5.15. The number of hydrogen-bond donors (Lipinski definition) is 0. The number of benzene rings is 2. The van der Waals surface area contributed by atoms with Gasteiger partial charge in [-0.3, -0.25) is 0 Å². The van der Waals surface area contributed by atoms with Gasteiger partial charge in [0.15, 0.2) is 12.3 Å². The van der Waals surface area contributed by atoms with Crippen molar-refractivity contribution in [3.63, 3.8) is 0 Å². The van der Waals surface area contributed by atoms with Gasteiger partial charge in [-0.2, -0.15) is 4.58 Å². The predicted molar refractivity (Wildman–Crippen MR) is 140 cm³/mol. The molecule has 1 heterocycles. The van der Waals surface area contributed by atoms with Gasteiger partial charge in [-0.15, -0.1) is 0 Å². The second-order valence-corrected chi connectivity index (χ2v) is 9.87. The molecule has 0 unspecified atom stereocenters. The number of quaternary nitrogens is 1. The summed E-state index contributed by atoms with van der Waals surface area (Å²) in [5.41, 5.74) is 6.69. The van der Waals surface area contributed by atoms with Crippen LogP contribution in [0.1, 0.15) is 52.2 Å². The Balaban J connectivity index is 0.00000289. The van der Waals surface area contributed by atoms with E-state index in [4.69, 9.17) is 0 Å². The number of nitrogens with zero attached hydrogens (tertiary/aromatic N) is 3. The average Bonchev–Trinajstić information content (AvgIpc) is 3.02. The molecule has 0 spiro atoms. The van der Waals surface area contributed by atoms with Crippen molar-refractivity contribution in [1.82, 2.24) is 0 Å². The van der Waals surface area contributed by atoms with E-state index in [2.05, 4.69) is 119 Å². The molecule has 2 aromatic carbocycles. The minimum absolute atomic E-state index is 0. The van der Waals surface area contributed by atoms with Gasteiger partial charge in [0.25, 0.3) is 0 Å². The first-order chi connectivity index (χ1) is 15.3. The van der Waals surface area contributed by atoms with E-state index < -0.39 is 0 Å². The standard InChI is InChI=1S/C29H43N3.2HI/c1-8-32(9-2,10-3)23-13-22-31-27-15-12-11-14-26(27)29(4,5)28(31)21-18-24-16-19-25(20-17-24)30(6)7;;/h11-12,14-21H,8-10,13,22-23H2,1-7H3;2*1H/q+2;;/p-2. The van der Waals surface area contributed by atoms with E-state index in [0.29, 0.717) is 0 Å². The molecule has 0 amide bonds. The molecule has 0 atom stereocenters. The van der Waals surface area contributed by atoms with Crippen LogP contribution < -0.4 is 52.9 Å². The lowest BCUT2D eigenvalue weighted by Crippen LogP contribution is -3.00. The molecule has 3 rings (SSSR count). The summed E-state index contributed by atoms with van der Waals surface area (Å²) in [7, 11) is 4.17. The van der Waals surface area contributed by atoms with Crippen LogP contribution >= 0.6 is 0 Å². The third-order valence-electron chi connectivity index (χ3n) is 7.67. The van der Waals surface area contributed by atoms with Crippen molar-refractivity contribution in [3.05, 3.63) is 65.7 Å². The van der Waals surface area contributed by atoms with Crippen LogP contribution in [0.15, 0.2) is 54.6 Å². The third-order valence-corrected chi connectivity index (χ3v) is 7.67. The van der Waals surface area contributed by atoms with Crippen molar-refractivity contribution in [1.29, 1.82) is 0 Å². The van der Waals surface area contributed by atoms with E-state index in [1.54, 1.807) is 0 Å². The monoisotopic (exact) mass is 687 g/mol. The molecule has 0 fully saturated rings. The summed E-state index contributed by atoms with van der Waals surface area (Å²) < 4.78 is 3.79. The highest BCUT2D eigenvalue weighted by molar-refractivity contribution is 6.05. The highest BCUT2D eigenvalue weighted by atomic mass is 127. The predicted octanol–water partition coefficient (Wildman–Crippen LogP) is 0.117. The Hall–Kier alpha value is -0.930. The van der Waals surface area contributed by atoms with Crippen LogP contribution in [0, 0.1) is 0 Å². The first-order valence-corrected chi connectivity index (χ1v) is 12.3. The normalized spacial score (nSPS) is 14.6. The summed E-state index contributed by atoms with van der Waals surface area (Å²) in [6.45, 7) is 17.7. The zero-order chi connectivity index (χ0) is 23.4. The second-order valence-electron chi connectivity index (χ2n) is 9.87. The molecule has 0 bridgehead atoms. The number of para-hydroxylation sites is 1. The first kappa shape index (κ1) is 31.1. The lowest BCUT2D eigenvalue weighted by Gasteiger charge is -2.35. The fraction of sp³-hybridized carbons (Fsp3) is 0.483. The number of anilines is 1. The van der Waals surface area contributed by atoms with Gasteiger partial charge < -0.3 is 57.3 Å². The van der Waals surface area contributed by atoms with Crippen molar-refractivity contribution in [2.24, 2.45) is 0 Å². The minimum Gasteiger partial charge on any atom is -1.00 e. The Bertz CT molecular complexity index is 963. The van der Waals surface area contributed by atoms with Crippen molar-refractivity contribution in [3.8, 4) is 0 Å². The minimum atomic E-state index is 0. The molecule has 0 radical (unpaired) electrons. The maximum atomic E-state index is 2.58. The molecule has 0 N–H and O–H groups in total. The topological polar surface area (TPSA) is 6.25 Å². The number of hydrogen-bond acceptors (Lipinski definition) is 1. The van der Waals surface area contributed by atoms with E-state index in [-0.39, 0.29) is 53.4 Å². The van der Waals surface area contributed by atoms with Gasteiger partial charge in [0.2, 0.25) is 5.69 Å². The van der Waals surface area contributed by atoms with Gasteiger partial charge >= 0.3 is 0 Å². The van der Waals surface area contributed by atoms with Crippen LogP contribution in [-0.4, -0.2) is 61.6 Å². The number of rotatable bonds is 10. The number of fused-ring (bicyclic) bond motifs is 1. The van der Waals surface area contributed by atoms with Crippen molar-refractivity contribution < 1.29 is 57.0 Å². The zero-order valence-corrected chi connectivity index (χ0v) is 26.4. The Morgan fingerprint density at radius 1 is 0.853 bits per heavy atom. The lowest BCUT2D eigenvalue weighted by molar-refractivity contribution is -0.924. The summed E-state index contributed by atoms with van der Waals surface area (Å²) in [5.74, 6) is 0. The molecule has 3 nitrogen and oxygen atoms in total. The van der Waals surface area contributed by atoms with E-state index in [1.807, 2.05) is 0 Å². The molecule has 0 aliphatic carbocycles. The SMILES string of the molecule is CC[N+](CC)(CC)CCC[N+]1=C(/C=C/c2ccc(N(C)C)cc2)C(C)(C)c2ccccc21.[I-].[I-]. The van der Waals surface area contributed by atoms with Crippen molar-refractivity contribution in [2.75, 3.05) is 51.7 Å². The Morgan fingerprint density at radius 3 is 2.00 bits per heavy atom. The quantitative estimate of drug-likeness (QED) is 0.196. The van der Waals surface area contributed by atoms with Crippen molar-refractivity contribution in [2.45, 2.75) is 46.5 Å². The van der Waals surface area contributed by atoms with Crippen molar-refractivity contribution >= 4 is 23.2 Å². The van der Waals surface area contributed by atoms with Crippen LogP contribution in [0.3, 0.4) is 0 Å². The molecule has 188 valence electrons. The smallest absolute Gasteiger partial charge is 0.209 e.